The predicted molar refractivity (Wildman–Crippen MR) is 99.8 cm³/mol. The maximum Gasteiger partial charge on any atom is 0.274 e. The van der Waals surface area contributed by atoms with E-state index >= 15 is 0 Å². The molecule has 1 heterocycles. The summed E-state index contributed by atoms with van der Waals surface area (Å²) in [6.07, 6.45) is 0. The van der Waals surface area contributed by atoms with Crippen molar-refractivity contribution in [2.75, 3.05) is 5.75 Å². The van der Waals surface area contributed by atoms with Crippen LogP contribution in [0.15, 0.2) is 63.2 Å². The van der Waals surface area contributed by atoms with Crippen molar-refractivity contribution < 1.29 is 9.90 Å². The molecular formula is C17H14BrN3O2S. The molecule has 0 atom stereocenters. The highest BCUT2D eigenvalue weighted by atomic mass is 79.9. The normalized spacial score (nSPS) is 11.4. The number of benzene rings is 2. The molecule has 2 N–H and O–H groups in total. The van der Waals surface area contributed by atoms with Gasteiger partial charge in [0.15, 0.2) is 5.69 Å². The van der Waals surface area contributed by atoms with E-state index in [0.717, 1.165) is 26.7 Å². The van der Waals surface area contributed by atoms with E-state index in [9.17, 15) is 9.90 Å². The average molecular weight is 404 g/mol. The molecule has 0 aliphatic heterocycles. The van der Waals surface area contributed by atoms with E-state index in [2.05, 4.69) is 31.1 Å². The number of fused-ring (bicyclic) bond motifs is 1. The van der Waals surface area contributed by atoms with Crippen LogP contribution in [0.4, 0.5) is 5.69 Å². The number of aromatic nitrogens is 1. The van der Waals surface area contributed by atoms with Crippen LogP contribution in [-0.2, 0) is 10.5 Å². The fourth-order valence-electron chi connectivity index (χ4n) is 2.23. The number of nitrogens with one attached hydrogen (secondary N) is 1. The molecule has 1 aromatic heterocycles. The lowest BCUT2D eigenvalue weighted by atomic mass is 10.2. The minimum Gasteiger partial charge on any atom is -0.493 e. The SMILES string of the molecule is O=C(CSCc1cccc(Br)c1)N=Nc1c(O)[nH]c2ccccc12. The largest absolute Gasteiger partial charge is 0.493 e. The van der Waals surface area contributed by atoms with Crippen LogP contribution >= 0.6 is 27.7 Å². The van der Waals surface area contributed by atoms with Gasteiger partial charge in [-0.15, -0.1) is 22.0 Å². The Balaban J connectivity index is 1.60. The quantitative estimate of drug-likeness (QED) is 0.576. The third-order valence-electron chi connectivity index (χ3n) is 3.30. The Morgan fingerprint density at radius 1 is 1.21 bits per heavy atom. The maximum atomic E-state index is 11.9. The zero-order valence-corrected chi connectivity index (χ0v) is 15.0. The van der Waals surface area contributed by atoms with Gasteiger partial charge in [-0.1, -0.05) is 46.3 Å². The summed E-state index contributed by atoms with van der Waals surface area (Å²) in [5.41, 5.74) is 2.17. The highest BCUT2D eigenvalue weighted by Crippen LogP contribution is 2.35. The molecule has 3 aromatic rings. The van der Waals surface area contributed by atoms with Crippen LogP contribution in [0, 0.1) is 0 Å². The molecule has 0 saturated carbocycles. The van der Waals surface area contributed by atoms with E-state index < -0.39 is 0 Å². The molecule has 0 unspecified atom stereocenters. The lowest BCUT2D eigenvalue weighted by molar-refractivity contribution is -0.115. The van der Waals surface area contributed by atoms with Gasteiger partial charge >= 0.3 is 0 Å². The number of azo groups is 1. The van der Waals surface area contributed by atoms with Crippen molar-refractivity contribution in [2.45, 2.75) is 5.75 Å². The maximum absolute atomic E-state index is 11.9. The smallest absolute Gasteiger partial charge is 0.274 e. The molecule has 5 nitrogen and oxygen atoms in total. The highest BCUT2D eigenvalue weighted by Gasteiger charge is 2.10. The van der Waals surface area contributed by atoms with Crippen LogP contribution in [0.2, 0.25) is 0 Å². The second-order valence-corrected chi connectivity index (χ2v) is 6.99. The minimum atomic E-state index is -0.334. The first-order valence-corrected chi connectivity index (χ1v) is 9.14. The van der Waals surface area contributed by atoms with Gasteiger partial charge in [-0.05, 0) is 23.8 Å². The number of nitrogens with zero attached hydrogens (tertiary/aromatic N) is 2. The van der Waals surface area contributed by atoms with E-state index in [1.54, 1.807) is 0 Å². The van der Waals surface area contributed by atoms with Crippen LogP contribution < -0.4 is 0 Å². The van der Waals surface area contributed by atoms with Gasteiger partial charge in [0.2, 0.25) is 5.88 Å². The molecule has 0 aliphatic carbocycles. The lowest BCUT2D eigenvalue weighted by Gasteiger charge is -2.00. The van der Waals surface area contributed by atoms with E-state index in [0.29, 0.717) is 0 Å². The van der Waals surface area contributed by atoms with E-state index in [1.807, 2.05) is 48.5 Å². The van der Waals surface area contributed by atoms with E-state index in [1.165, 1.54) is 11.8 Å². The summed E-state index contributed by atoms with van der Waals surface area (Å²) >= 11 is 4.89. The van der Waals surface area contributed by atoms with Crippen molar-refractivity contribution in [3.8, 4) is 5.88 Å². The van der Waals surface area contributed by atoms with Gasteiger partial charge in [0, 0.05) is 15.6 Å². The molecule has 0 aliphatic rings. The lowest BCUT2D eigenvalue weighted by Crippen LogP contribution is -1.96. The fraction of sp³-hybridized carbons (Fsp3) is 0.118. The summed E-state index contributed by atoms with van der Waals surface area (Å²) in [4.78, 5) is 14.7. The summed E-state index contributed by atoms with van der Waals surface area (Å²) in [6.45, 7) is 0. The third-order valence-corrected chi connectivity index (χ3v) is 4.79. The van der Waals surface area contributed by atoms with Crippen molar-refractivity contribution in [1.82, 2.24) is 4.98 Å². The zero-order valence-electron chi connectivity index (χ0n) is 12.6. The molecule has 7 heteroatoms. The predicted octanol–water partition coefficient (Wildman–Crippen LogP) is 5.18. The molecule has 0 saturated heterocycles. The minimum absolute atomic E-state index is 0.0884. The molecule has 0 spiro atoms. The summed E-state index contributed by atoms with van der Waals surface area (Å²) in [5.74, 6) is 0.534. The van der Waals surface area contributed by atoms with Crippen molar-refractivity contribution in [3.63, 3.8) is 0 Å². The van der Waals surface area contributed by atoms with Gasteiger partial charge in [0.05, 0.1) is 11.3 Å². The number of thioether (sulfide) groups is 1. The molecule has 2 aromatic carbocycles. The average Bonchev–Trinajstić information content (AvgIpc) is 2.88. The van der Waals surface area contributed by atoms with Crippen molar-refractivity contribution in [2.24, 2.45) is 10.2 Å². The van der Waals surface area contributed by atoms with Crippen molar-refractivity contribution in [3.05, 3.63) is 58.6 Å². The van der Waals surface area contributed by atoms with Crippen molar-refractivity contribution in [1.29, 1.82) is 0 Å². The van der Waals surface area contributed by atoms with E-state index in [-0.39, 0.29) is 23.2 Å². The number of carbonyl (C=O) groups is 1. The van der Waals surface area contributed by atoms with Gasteiger partial charge in [0.25, 0.3) is 5.91 Å². The summed E-state index contributed by atoms with van der Waals surface area (Å²) < 4.78 is 1.02. The van der Waals surface area contributed by atoms with E-state index in [4.69, 9.17) is 0 Å². The Hall–Kier alpha value is -2.12. The molecule has 1 amide bonds. The van der Waals surface area contributed by atoms with Crippen molar-refractivity contribution >= 4 is 50.2 Å². The molecule has 0 bridgehead atoms. The van der Waals surface area contributed by atoms with Crippen LogP contribution in [0.3, 0.4) is 0 Å². The number of para-hydroxylation sites is 1. The van der Waals surface area contributed by atoms with Crippen LogP contribution in [-0.4, -0.2) is 21.8 Å². The third kappa shape index (κ3) is 4.04. The summed E-state index contributed by atoms with van der Waals surface area (Å²) in [7, 11) is 0. The van der Waals surface area contributed by atoms with Gasteiger partial charge in [-0.25, -0.2) is 0 Å². The summed E-state index contributed by atoms with van der Waals surface area (Å²) in [5, 5.41) is 18.2. The van der Waals surface area contributed by atoms with Crippen LogP contribution in [0.25, 0.3) is 10.9 Å². The topological polar surface area (TPSA) is 77.8 Å². The van der Waals surface area contributed by atoms with Gasteiger partial charge < -0.3 is 10.1 Å². The van der Waals surface area contributed by atoms with Gasteiger partial charge in [-0.2, -0.15) is 0 Å². The summed E-state index contributed by atoms with van der Waals surface area (Å²) in [6, 6.07) is 15.3. The second-order valence-electron chi connectivity index (χ2n) is 5.08. The van der Waals surface area contributed by atoms with Gasteiger partial charge in [-0.3, -0.25) is 4.79 Å². The number of hydrogen-bond acceptors (Lipinski definition) is 4. The number of amides is 1. The molecule has 0 fully saturated rings. The standard InChI is InChI=1S/C17H14BrN3O2S/c18-12-5-3-4-11(8-12)9-24-10-15(22)20-21-16-13-6-1-2-7-14(13)19-17(16)23/h1-8,19,23H,9-10H2. The first-order valence-electron chi connectivity index (χ1n) is 7.20. The number of carbonyl (C=O) groups excluding carboxylic acids is 1. The number of aromatic amines is 1. The Labute approximate surface area is 151 Å². The Kier molecular flexibility index (Phi) is 5.32. The molecule has 3 rings (SSSR count). The number of H-pyrrole nitrogens is 1. The van der Waals surface area contributed by atoms with Crippen LogP contribution in [0.1, 0.15) is 5.56 Å². The number of rotatable bonds is 5. The zero-order chi connectivity index (χ0) is 16.9. The first kappa shape index (κ1) is 16.7. The first-order chi connectivity index (χ1) is 11.6. The molecular weight excluding hydrogens is 390 g/mol. The number of aromatic hydroxyl groups is 1. The monoisotopic (exact) mass is 403 g/mol. The number of hydrogen-bond donors (Lipinski definition) is 2. The molecule has 24 heavy (non-hydrogen) atoms. The fourth-order valence-corrected chi connectivity index (χ4v) is 3.43. The molecule has 122 valence electrons. The number of halogens is 1. The highest BCUT2D eigenvalue weighted by molar-refractivity contribution is 9.10. The van der Waals surface area contributed by atoms with Gasteiger partial charge in [0.1, 0.15) is 0 Å². The van der Waals surface area contributed by atoms with Crippen LogP contribution in [0.5, 0.6) is 5.88 Å². The molecule has 0 radical (unpaired) electrons. The second kappa shape index (κ2) is 7.63. The Bertz CT molecular complexity index is 908. The Morgan fingerprint density at radius 2 is 2.04 bits per heavy atom. The Morgan fingerprint density at radius 3 is 2.88 bits per heavy atom.